The molecule has 1 aliphatic carbocycles. The molecule has 0 radical (unpaired) electrons. The van der Waals surface area contributed by atoms with Gasteiger partial charge in [0.1, 0.15) is 0 Å². The van der Waals surface area contributed by atoms with Gasteiger partial charge in [0, 0.05) is 19.0 Å². The molecule has 1 saturated heterocycles. The highest BCUT2D eigenvalue weighted by molar-refractivity contribution is 5.80. The second kappa shape index (κ2) is 4.97. The van der Waals surface area contributed by atoms with Gasteiger partial charge in [-0.2, -0.15) is 0 Å². The first-order valence-corrected chi connectivity index (χ1v) is 7.03. The van der Waals surface area contributed by atoms with Gasteiger partial charge < -0.3 is 10.6 Å². The Labute approximate surface area is 105 Å². The summed E-state index contributed by atoms with van der Waals surface area (Å²) in [5.41, 5.74) is 5.90. The third-order valence-electron chi connectivity index (χ3n) is 4.81. The highest BCUT2D eigenvalue weighted by atomic mass is 16.2. The average molecular weight is 238 g/mol. The van der Waals surface area contributed by atoms with E-state index in [1.54, 1.807) is 0 Å². The SMILES string of the molecule is CC1(C)CCCC1C(=O)N1CCC(CN)CC1. The Hall–Kier alpha value is -0.570. The van der Waals surface area contributed by atoms with Crippen molar-refractivity contribution in [2.24, 2.45) is 23.0 Å². The lowest BCUT2D eigenvalue weighted by Crippen LogP contribution is -2.45. The van der Waals surface area contributed by atoms with E-state index in [1.807, 2.05) is 0 Å². The molecule has 0 aromatic heterocycles. The van der Waals surface area contributed by atoms with Crippen LogP contribution in [0.1, 0.15) is 46.0 Å². The predicted octanol–water partition coefficient (Wildman–Crippen LogP) is 2.01. The first-order valence-electron chi connectivity index (χ1n) is 7.03. The molecule has 2 aliphatic rings. The quantitative estimate of drug-likeness (QED) is 0.800. The van der Waals surface area contributed by atoms with Crippen LogP contribution in [0.15, 0.2) is 0 Å². The average Bonchev–Trinajstić information content (AvgIpc) is 2.68. The standard InChI is InChI=1S/C14H26N2O/c1-14(2)7-3-4-12(14)13(17)16-8-5-11(10-15)6-9-16/h11-12H,3-10,15H2,1-2H3. The van der Waals surface area contributed by atoms with Gasteiger partial charge in [-0.15, -0.1) is 0 Å². The van der Waals surface area contributed by atoms with E-state index in [0.717, 1.165) is 38.9 Å². The summed E-state index contributed by atoms with van der Waals surface area (Å²) in [5, 5.41) is 0. The van der Waals surface area contributed by atoms with Crippen LogP contribution in [0.4, 0.5) is 0 Å². The topological polar surface area (TPSA) is 46.3 Å². The summed E-state index contributed by atoms with van der Waals surface area (Å²) in [5.74, 6) is 1.30. The maximum absolute atomic E-state index is 12.5. The van der Waals surface area contributed by atoms with Crippen molar-refractivity contribution in [1.82, 2.24) is 4.90 Å². The molecule has 0 spiro atoms. The minimum absolute atomic E-state index is 0.210. The van der Waals surface area contributed by atoms with Gasteiger partial charge in [0.2, 0.25) is 5.91 Å². The molecule has 1 amide bonds. The second-order valence-corrected chi connectivity index (χ2v) is 6.44. The fourth-order valence-corrected chi connectivity index (χ4v) is 3.39. The van der Waals surface area contributed by atoms with Crippen LogP contribution >= 0.6 is 0 Å². The highest BCUT2D eigenvalue weighted by Crippen LogP contribution is 2.43. The summed E-state index contributed by atoms with van der Waals surface area (Å²) in [4.78, 5) is 14.6. The molecule has 2 rings (SSSR count). The molecule has 0 aromatic rings. The molecule has 1 aliphatic heterocycles. The van der Waals surface area contributed by atoms with E-state index in [9.17, 15) is 4.79 Å². The summed E-state index contributed by atoms with van der Waals surface area (Å²) in [6, 6.07) is 0. The molecule has 0 bridgehead atoms. The lowest BCUT2D eigenvalue weighted by molar-refractivity contribution is -0.139. The van der Waals surface area contributed by atoms with E-state index in [4.69, 9.17) is 5.73 Å². The van der Waals surface area contributed by atoms with Crippen LogP contribution in [0.2, 0.25) is 0 Å². The summed E-state index contributed by atoms with van der Waals surface area (Å²) >= 11 is 0. The number of likely N-dealkylation sites (tertiary alicyclic amines) is 1. The van der Waals surface area contributed by atoms with Crippen molar-refractivity contribution >= 4 is 5.91 Å². The first kappa shape index (κ1) is 12.9. The molecule has 2 fully saturated rings. The smallest absolute Gasteiger partial charge is 0.226 e. The van der Waals surface area contributed by atoms with E-state index in [2.05, 4.69) is 18.7 Å². The molecular weight excluding hydrogens is 212 g/mol. The lowest BCUT2D eigenvalue weighted by Gasteiger charge is -2.36. The number of carbonyl (C=O) groups excluding carboxylic acids is 1. The van der Waals surface area contributed by atoms with Crippen molar-refractivity contribution in [2.75, 3.05) is 19.6 Å². The van der Waals surface area contributed by atoms with Gasteiger partial charge in [-0.1, -0.05) is 20.3 Å². The van der Waals surface area contributed by atoms with Gasteiger partial charge in [0.15, 0.2) is 0 Å². The maximum atomic E-state index is 12.5. The number of hydrogen-bond acceptors (Lipinski definition) is 2. The summed E-state index contributed by atoms with van der Waals surface area (Å²) in [6.07, 6.45) is 5.68. The van der Waals surface area contributed by atoms with E-state index >= 15 is 0 Å². The molecule has 1 saturated carbocycles. The maximum Gasteiger partial charge on any atom is 0.226 e. The van der Waals surface area contributed by atoms with Gasteiger partial charge in [0.05, 0.1) is 0 Å². The van der Waals surface area contributed by atoms with E-state index in [1.165, 1.54) is 12.8 Å². The van der Waals surface area contributed by atoms with Crippen LogP contribution in [0.25, 0.3) is 0 Å². The Morgan fingerprint density at radius 3 is 2.41 bits per heavy atom. The highest BCUT2D eigenvalue weighted by Gasteiger charge is 2.41. The Bertz CT molecular complexity index is 280. The normalized spacial score (nSPS) is 29.6. The van der Waals surface area contributed by atoms with Crippen molar-refractivity contribution in [2.45, 2.75) is 46.0 Å². The zero-order valence-corrected chi connectivity index (χ0v) is 11.2. The van der Waals surface area contributed by atoms with Crippen LogP contribution in [0.5, 0.6) is 0 Å². The number of hydrogen-bond donors (Lipinski definition) is 1. The molecule has 3 nitrogen and oxygen atoms in total. The first-order chi connectivity index (χ1) is 8.04. The second-order valence-electron chi connectivity index (χ2n) is 6.44. The molecule has 1 atom stereocenters. The molecule has 2 N–H and O–H groups in total. The third kappa shape index (κ3) is 2.65. The molecule has 1 unspecified atom stereocenters. The van der Waals surface area contributed by atoms with Gasteiger partial charge in [0.25, 0.3) is 0 Å². The number of nitrogens with two attached hydrogens (primary N) is 1. The van der Waals surface area contributed by atoms with Crippen LogP contribution in [-0.2, 0) is 4.79 Å². The molecule has 98 valence electrons. The lowest BCUT2D eigenvalue weighted by atomic mass is 9.80. The van der Waals surface area contributed by atoms with Crippen LogP contribution in [-0.4, -0.2) is 30.4 Å². The van der Waals surface area contributed by atoms with Crippen LogP contribution in [0.3, 0.4) is 0 Å². The Morgan fingerprint density at radius 2 is 1.94 bits per heavy atom. The molecule has 3 heteroatoms. The summed E-state index contributed by atoms with van der Waals surface area (Å²) in [6.45, 7) is 7.11. The number of amides is 1. The van der Waals surface area contributed by atoms with Crippen molar-refractivity contribution in [3.05, 3.63) is 0 Å². The molecule has 17 heavy (non-hydrogen) atoms. The van der Waals surface area contributed by atoms with Crippen LogP contribution < -0.4 is 5.73 Å². The van der Waals surface area contributed by atoms with Crippen molar-refractivity contribution in [3.8, 4) is 0 Å². The predicted molar refractivity (Wildman–Crippen MR) is 69.5 cm³/mol. The fourth-order valence-electron chi connectivity index (χ4n) is 3.39. The third-order valence-corrected chi connectivity index (χ3v) is 4.81. The monoisotopic (exact) mass is 238 g/mol. The molecular formula is C14H26N2O. The fraction of sp³-hybridized carbons (Fsp3) is 0.929. The zero-order valence-electron chi connectivity index (χ0n) is 11.2. The van der Waals surface area contributed by atoms with Crippen molar-refractivity contribution in [3.63, 3.8) is 0 Å². The zero-order chi connectivity index (χ0) is 12.5. The molecule has 0 aromatic carbocycles. The van der Waals surface area contributed by atoms with Gasteiger partial charge in [-0.05, 0) is 43.6 Å². The Balaban J connectivity index is 1.93. The Kier molecular flexibility index (Phi) is 3.76. The van der Waals surface area contributed by atoms with Gasteiger partial charge in [-0.25, -0.2) is 0 Å². The van der Waals surface area contributed by atoms with E-state index < -0.39 is 0 Å². The minimum Gasteiger partial charge on any atom is -0.342 e. The Morgan fingerprint density at radius 1 is 1.29 bits per heavy atom. The largest absolute Gasteiger partial charge is 0.342 e. The number of carbonyl (C=O) groups is 1. The number of nitrogens with zero attached hydrogens (tertiary/aromatic N) is 1. The van der Waals surface area contributed by atoms with Crippen molar-refractivity contribution < 1.29 is 4.79 Å². The molecule has 1 heterocycles. The van der Waals surface area contributed by atoms with Gasteiger partial charge >= 0.3 is 0 Å². The van der Waals surface area contributed by atoms with E-state index in [0.29, 0.717) is 11.8 Å². The van der Waals surface area contributed by atoms with E-state index in [-0.39, 0.29) is 11.3 Å². The number of rotatable bonds is 2. The van der Waals surface area contributed by atoms with Crippen LogP contribution in [0, 0.1) is 17.3 Å². The summed E-state index contributed by atoms with van der Waals surface area (Å²) in [7, 11) is 0. The minimum atomic E-state index is 0.210. The summed E-state index contributed by atoms with van der Waals surface area (Å²) < 4.78 is 0. The van der Waals surface area contributed by atoms with Gasteiger partial charge in [-0.3, -0.25) is 4.79 Å². The number of piperidine rings is 1. The van der Waals surface area contributed by atoms with Crippen molar-refractivity contribution in [1.29, 1.82) is 0 Å².